The molecule has 1 atom stereocenters. The van der Waals surface area contributed by atoms with Crippen LogP contribution in [0, 0.1) is 0 Å². The lowest BCUT2D eigenvalue weighted by Gasteiger charge is -2.23. The quantitative estimate of drug-likeness (QED) is 0.826. The maximum Gasteiger partial charge on any atom is 0.272 e. The van der Waals surface area contributed by atoms with Gasteiger partial charge in [-0.1, -0.05) is 6.92 Å². The van der Waals surface area contributed by atoms with Crippen molar-refractivity contribution in [3.05, 3.63) is 18.1 Å². The second-order valence-corrected chi connectivity index (χ2v) is 7.76. The highest BCUT2D eigenvalue weighted by molar-refractivity contribution is 7.91. The highest BCUT2D eigenvalue weighted by Crippen LogP contribution is 2.23. The van der Waals surface area contributed by atoms with Crippen LogP contribution in [0.4, 0.5) is 5.82 Å². The molecule has 2 heterocycles. The van der Waals surface area contributed by atoms with Crippen molar-refractivity contribution in [1.29, 1.82) is 0 Å². The fraction of sp³-hybridized carbons (Fsp3) is 0.615. The molecule has 2 N–H and O–H groups in total. The Kier molecular flexibility index (Phi) is 4.46. The third-order valence-corrected chi connectivity index (χ3v) is 5.25. The van der Waals surface area contributed by atoms with Crippen LogP contribution in [0.2, 0.25) is 0 Å². The van der Waals surface area contributed by atoms with Gasteiger partial charge in [-0.3, -0.25) is 9.78 Å². The molecule has 0 aliphatic carbocycles. The maximum atomic E-state index is 12.2. The zero-order chi connectivity index (χ0) is 15.5. The Balaban J connectivity index is 2.07. The van der Waals surface area contributed by atoms with Crippen LogP contribution in [0.3, 0.4) is 0 Å². The zero-order valence-corrected chi connectivity index (χ0v) is 13.0. The maximum absolute atomic E-state index is 12.2. The smallest absolute Gasteiger partial charge is 0.272 e. The van der Waals surface area contributed by atoms with Gasteiger partial charge in [0.1, 0.15) is 11.5 Å². The molecule has 116 valence electrons. The molecule has 1 unspecified atom stereocenters. The monoisotopic (exact) mass is 312 g/mol. The summed E-state index contributed by atoms with van der Waals surface area (Å²) in [5.41, 5.74) is -0.550. The van der Waals surface area contributed by atoms with Gasteiger partial charge in [0.05, 0.1) is 29.4 Å². The second-order valence-electron chi connectivity index (χ2n) is 5.57. The summed E-state index contributed by atoms with van der Waals surface area (Å²) in [6, 6.07) is 0. The van der Waals surface area contributed by atoms with Gasteiger partial charge in [0.2, 0.25) is 0 Å². The number of nitrogens with one attached hydrogen (secondary N) is 2. The van der Waals surface area contributed by atoms with E-state index in [1.54, 1.807) is 13.1 Å². The Morgan fingerprint density at radius 3 is 2.81 bits per heavy atom. The predicted molar refractivity (Wildman–Crippen MR) is 80.0 cm³/mol. The van der Waals surface area contributed by atoms with Crippen molar-refractivity contribution >= 4 is 21.6 Å². The van der Waals surface area contributed by atoms with Gasteiger partial charge in [0.15, 0.2) is 9.84 Å². The van der Waals surface area contributed by atoms with Crippen LogP contribution in [-0.2, 0) is 9.84 Å². The number of hydrogen-bond acceptors (Lipinski definition) is 6. The second kappa shape index (κ2) is 5.97. The van der Waals surface area contributed by atoms with Gasteiger partial charge in [0, 0.05) is 6.54 Å². The van der Waals surface area contributed by atoms with Crippen molar-refractivity contribution in [2.24, 2.45) is 0 Å². The van der Waals surface area contributed by atoms with Crippen molar-refractivity contribution in [2.75, 3.05) is 23.4 Å². The Bertz CT molecular complexity index is 632. The number of rotatable bonds is 5. The number of amides is 1. The molecule has 1 aliphatic rings. The Labute approximate surface area is 124 Å². The fourth-order valence-electron chi connectivity index (χ4n) is 2.26. The number of nitrogens with zero attached hydrogens (tertiary/aromatic N) is 2. The zero-order valence-electron chi connectivity index (χ0n) is 12.2. The summed E-state index contributed by atoms with van der Waals surface area (Å²) >= 11 is 0. The summed E-state index contributed by atoms with van der Waals surface area (Å²) in [6.45, 7) is 4.51. The van der Waals surface area contributed by atoms with Crippen LogP contribution in [0.5, 0.6) is 0 Å². The van der Waals surface area contributed by atoms with E-state index in [1.165, 1.54) is 6.20 Å². The summed E-state index contributed by atoms with van der Waals surface area (Å²) < 4.78 is 23.1. The predicted octanol–water partition coefficient (Wildman–Crippen LogP) is 0.605. The van der Waals surface area contributed by atoms with Crippen LogP contribution in [-0.4, -0.2) is 47.9 Å². The molecule has 0 radical (unpaired) electrons. The minimum Gasteiger partial charge on any atom is -0.369 e. The number of carbonyl (C=O) groups is 1. The highest BCUT2D eigenvalue weighted by Gasteiger charge is 2.39. The Morgan fingerprint density at radius 2 is 2.19 bits per heavy atom. The minimum atomic E-state index is -3.06. The van der Waals surface area contributed by atoms with Gasteiger partial charge in [-0.25, -0.2) is 13.4 Å². The van der Waals surface area contributed by atoms with E-state index in [2.05, 4.69) is 20.6 Å². The average molecular weight is 312 g/mol. The molecule has 0 saturated carbocycles. The first-order chi connectivity index (χ1) is 9.84. The standard InChI is InChI=1S/C13H20N4O3S/c1-3-5-15-11-8-14-7-10(16-11)12(18)17-13(2)4-6-21(19,20)9-13/h7-8H,3-6,9H2,1-2H3,(H,15,16)(H,17,18). The van der Waals surface area contributed by atoms with Gasteiger partial charge in [-0.15, -0.1) is 0 Å². The molecule has 1 aliphatic heterocycles. The van der Waals surface area contributed by atoms with Crippen molar-refractivity contribution < 1.29 is 13.2 Å². The number of sulfone groups is 1. The lowest BCUT2D eigenvalue weighted by molar-refractivity contribution is 0.0910. The first-order valence-corrected chi connectivity index (χ1v) is 8.74. The topological polar surface area (TPSA) is 101 Å². The molecule has 0 aromatic carbocycles. The first-order valence-electron chi connectivity index (χ1n) is 6.92. The molecule has 8 heteroatoms. The molecule has 0 spiro atoms. The van der Waals surface area contributed by atoms with Crippen LogP contribution in [0.1, 0.15) is 37.2 Å². The summed E-state index contributed by atoms with van der Waals surface area (Å²) in [6.07, 6.45) is 4.28. The summed E-state index contributed by atoms with van der Waals surface area (Å²) in [5, 5.41) is 5.82. The van der Waals surface area contributed by atoms with Crippen molar-refractivity contribution in [2.45, 2.75) is 32.2 Å². The van der Waals surface area contributed by atoms with E-state index in [9.17, 15) is 13.2 Å². The van der Waals surface area contributed by atoms with Crippen LogP contribution >= 0.6 is 0 Å². The molecule has 1 aromatic heterocycles. The Morgan fingerprint density at radius 1 is 1.43 bits per heavy atom. The van der Waals surface area contributed by atoms with Crippen LogP contribution in [0.15, 0.2) is 12.4 Å². The molecule has 2 rings (SSSR count). The average Bonchev–Trinajstić information content (AvgIpc) is 2.70. The third kappa shape index (κ3) is 4.13. The van der Waals surface area contributed by atoms with E-state index in [-0.39, 0.29) is 17.2 Å². The summed E-state index contributed by atoms with van der Waals surface area (Å²) in [7, 11) is -3.06. The lowest BCUT2D eigenvalue weighted by atomic mass is 10.0. The molecule has 0 bridgehead atoms. The summed E-state index contributed by atoms with van der Waals surface area (Å²) in [4.78, 5) is 20.4. The van der Waals surface area contributed by atoms with E-state index in [4.69, 9.17) is 0 Å². The Hall–Kier alpha value is -1.70. The number of aromatic nitrogens is 2. The van der Waals surface area contributed by atoms with E-state index in [0.717, 1.165) is 13.0 Å². The van der Waals surface area contributed by atoms with Gasteiger partial charge < -0.3 is 10.6 Å². The molecule has 21 heavy (non-hydrogen) atoms. The normalized spacial score (nSPS) is 23.7. The largest absolute Gasteiger partial charge is 0.369 e. The first kappa shape index (κ1) is 15.7. The molecule has 1 fully saturated rings. The van der Waals surface area contributed by atoms with Gasteiger partial charge in [-0.05, 0) is 19.8 Å². The lowest BCUT2D eigenvalue weighted by Crippen LogP contribution is -2.47. The van der Waals surface area contributed by atoms with E-state index >= 15 is 0 Å². The van der Waals surface area contributed by atoms with Gasteiger partial charge in [0.25, 0.3) is 5.91 Å². The summed E-state index contributed by atoms with van der Waals surface area (Å²) in [5.74, 6) is 0.205. The molecule has 7 nitrogen and oxygen atoms in total. The van der Waals surface area contributed by atoms with Crippen molar-refractivity contribution in [1.82, 2.24) is 15.3 Å². The SMILES string of the molecule is CCCNc1cncc(C(=O)NC2(C)CCS(=O)(=O)C2)n1. The van der Waals surface area contributed by atoms with Gasteiger partial charge in [-0.2, -0.15) is 0 Å². The highest BCUT2D eigenvalue weighted by atomic mass is 32.2. The van der Waals surface area contributed by atoms with Crippen LogP contribution < -0.4 is 10.6 Å². The molecule has 1 saturated heterocycles. The number of carbonyl (C=O) groups excluding carboxylic acids is 1. The number of hydrogen-bond donors (Lipinski definition) is 2. The third-order valence-electron chi connectivity index (χ3n) is 3.34. The van der Waals surface area contributed by atoms with E-state index < -0.39 is 21.3 Å². The fourth-order valence-corrected chi connectivity index (χ4v) is 4.35. The van der Waals surface area contributed by atoms with Crippen LogP contribution in [0.25, 0.3) is 0 Å². The number of anilines is 1. The molecular weight excluding hydrogens is 292 g/mol. The van der Waals surface area contributed by atoms with Gasteiger partial charge >= 0.3 is 0 Å². The van der Waals surface area contributed by atoms with Crippen molar-refractivity contribution in [3.63, 3.8) is 0 Å². The molecular formula is C13H20N4O3S. The molecule has 1 aromatic rings. The van der Waals surface area contributed by atoms with E-state index in [1.807, 2.05) is 6.92 Å². The minimum absolute atomic E-state index is 0.0348. The van der Waals surface area contributed by atoms with Crippen molar-refractivity contribution in [3.8, 4) is 0 Å². The molecule has 1 amide bonds. The van der Waals surface area contributed by atoms with E-state index in [0.29, 0.717) is 12.2 Å².